The summed E-state index contributed by atoms with van der Waals surface area (Å²) in [6.07, 6.45) is 1.07. The van der Waals surface area contributed by atoms with Crippen LogP contribution < -0.4 is 5.32 Å². The monoisotopic (exact) mass is 239 g/mol. The third-order valence-electron chi connectivity index (χ3n) is 3.28. The molecule has 2 unspecified atom stereocenters. The van der Waals surface area contributed by atoms with Gasteiger partial charge in [-0.3, -0.25) is 0 Å². The zero-order chi connectivity index (χ0) is 11.6. The van der Waals surface area contributed by atoms with E-state index in [4.69, 9.17) is 16.3 Å². The van der Waals surface area contributed by atoms with Gasteiger partial charge in [-0.15, -0.1) is 0 Å². The van der Waals surface area contributed by atoms with Gasteiger partial charge in [0.05, 0.1) is 6.61 Å². The number of hydrogen-bond donors (Lipinski definition) is 1. The summed E-state index contributed by atoms with van der Waals surface area (Å²) in [5.41, 5.74) is 1.33. The van der Waals surface area contributed by atoms with Crippen LogP contribution in [-0.4, -0.2) is 25.8 Å². The molecule has 2 nitrogen and oxygen atoms in total. The molecular formula is C13H18ClNO. The van der Waals surface area contributed by atoms with Gasteiger partial charge in [0, 0.05) is 24.2 Å². The van der Waals surface area contributed by atoms with E-state index in [9.17, 15) is 0 Å². The fourth-order valence-corrected chi connectivity index (χ4v) is 2.80. The van der Waals surface area contributed by atoms with E-state index in [0.717, 1.165) is 24.6 Å². The van der Waals surface area contributed by atoms with Gasteiger partial charge in [-0.05, 0) is 30.9 Å². The molecule has 1 heterocycles. The van der Waals surface area contributed by atoms with Crippen LogP contribution in [0, 0.1) is 0 Å². The third-order valence-corrected chi connectivity index (χ3v) is 3.62. The summed E-state index contributed by atoms with van der Waals surface area (Å²) < 4.78 is 5.25. The van der Waals surface area contributed by atoms with Crippen molar-refractivity contribution < 1.29 is 4.74 Å². The normalized spacial score (nSPS) is 29.6. The molecule has 2 atom stereocenters. The maximum atomic E-state index is 6.22. The van der Waals surface area contributed by atoms with Crippen LogP contribution in [0.15, 0.2) is 24.3 Å². The van der Waals surface area contributed by atoms with E-state index in [1.165, 1.54) is 5.56 Å². The Kier molecular flexibility index (Phi) is 3.53. The summed E-state index contributed by atoms with van der Waals surface area (Å²) in [4.78, 5) is 0. The zero-order valence-electron chi connectivity index (χ0n) is 9.79. The lowest BCUT2D eigenvalue weighted by Gasteiger charge is -2.23. The molecule has 0 saturated carbocycles. The van der Waals surface area contributed by atoms with Crippen molar-refractivity contribution in [1.29, 1.82) is 0 Å². The summed E-state index contributed by atoms with van der Waals surface area (Å²) in [5, 5.41) is 4.40. The fraction of sp³-hybridized carbons (Fsp3) is 0.538. The second-order valence-corrected chi connectivity index (χ2v) is 5.20. The predicted molar refractivity (Wildman–Crippen MR) is 67.1 cm³/mol. The third kappa shape index (κ3) is 2.40. The van der Waals surface area contributed by atoms with Gasteiger partial charge >= 0.3 is 0 Å². The number of benzene rings is 1. The standard InChI is InChI=1S/C13H18ClNO/c1-13(9-16-2)7-10(8-15-13)11-5-3-4-6-12(11)14/h3-6,10,15H,7-9H2,1-2H3. The fourth-order valence-electron chi connectivity index (χ4n) is 2.51. The Labute approximate surface area is 102 Å². The highest BCUT2D eigenvalue weighted by Gasteiger charge is 2.35. The minimum absolute atomic E-state index is 0.0819. The SMILES string of the molecule is COCC1(C)CC(c2ccccc2Cl)CN1. The Morgan fingerprint density at radius 2 is 2.25 bits per heavy atom. The van der Waals surface area contributed by atoms with Gasteiger partial charge < -0.3 is 10.1 Å². The van der Waals surface area contributed by atoms with Gasteiger partial charge in [0.25, 0.3) is 0 Å². The van der Waals surface area contributed by atoms with E-state index in [2.05, 4.69) is 18.3 Å². The molecule has 1 aromatic rings. The Hall–Kier alpha value is -0.570. The predicted octanol–water partition coefficient (Wildman–Crippen LogP) is 2.82. The zero-order valence-corrected chi connectivity index (χ0v) is 10.6. The number of methoxy groups -OCH3 is 1. The van der Waals surface area contributed by atoms with Crippen molar-refractivity contribution in [2.75, 3.05) is 20.3 Å². The van der Waals surface area contributed by atoms with Gasteiger partial charge in [-0.2, -0.15) is 0 Å². The first-order chi connectivity index (χ1) is 7.64. The largest absolute Gasteiger partial charge is 0.383 e. The van der Waals surface area contributed by atoms with Crippen molar-refractivity contribution in [2.45, 2.75) is 24.8 Å². The molecule has 1 aromatic carbocycles. The molecule has 0 spiro atoms. The summed E-state index contributed by atoms with van der Waals surface area (Å²) in [6.45, 7) is 3.92. The summed E-state index contributed by atoms with van der Waals surface area (Å²) in [5.74, 6) is 0.494. The molecule has 2 rings (SSSR count). The molecule has 16 heavy (non-hydrogen) atoms. The van der Waals surface area contributed by atoms with Crippen LogP contribution in [0.5, 0.6) is 0 Å². The van der Waals surface area contributed by atoms with Crippen LogP contribution in [0.4, 0.5) is 0 Å². The molecular weight excluding hydrogens is 222 g/mol. The second-order valence-electron chi connectivity index (χ2n) is 4.80. The Morgan fingerprint density at radius 1 is 1.50 bits per heavy atom. The van der Waals surface area contributed by atoms with E-state index in [1.54, 1.807) is 7.11 Å². The minimum atomic E-state index is 0.0819. The molecule has 0 amide bonds. The van der Waals surface area contributed by atoms with Crippen LogP contribution >= 0.6 is 11.6 Å². The highest BCUT2D eigenvalue weighted by Crippen LogP contribution is 2.35. The Balaban J connectivity index is 2.12. The molecule has 1 aliphatic heterocycles. The van der Waals surface area contributed by atoms with Gasteiger partial charge in [0.1, 0.15) is 0 Å². The summed E-state index contributed by atoms with van der Waals surface area (Å²) >= 11 is 6.22. The van der Waals surface area contributed by atoms with Gasteiger partial charge in [0.2, 0.25) is 0 Å². The molecule has 3 heteroatoms. The molecule has 88 valence electrons. The first kappa shape index (κ1) is 11.9. The number of halogens is 1. The van der Waals surface area contributed by atoms with E-state index >= 15 is 0 Å². The Morgan fingerprint density at radius 3 is 2.94 bits per heavy atom. The highest BCUT2D eigenvalue weighted by molar-refractivity contribution is 6.31. The lowest BCUT2D eigenvalue weighted by atomic mass is 9.90. The van der Waals surface area contributed by atoms with Crippen LogP contribution in [0.25, 0.3) is 0 Å². The van der Waals surface area contributed by atoms with Crippen molar-refractivity contribution in [2.24, 2.45) is 0 Å². The number of ether oxygens (including phenoxy) is 1. The van der Waals surface area contributed by atoms with Crippen molar-refractivity contribution in [3.8, 4) is 0 Å². The first-order valence-corrected chi connectivity index (χ1v) is 6.01. The lowest BCUT2D eigenvalue weighted by Crippen LogP contribution is -2.40. The van der Waals surface area contributed by atoms with E-state index in [-0.39, 0.29) is 5.54 Å². The Bertz CT molecular complexity index is 369. The lowest BCUT2D eigenvalue weighted by molar-refractivity contribution is 0.129. The van der Waals surface area contributed by atoms with Gasteiger partial charge in [0.15, 0.2) is 0 Å². The summed E-state index contributed by atoms with van der Waals surface area (Å²) in [6, 6.07) is 8.10. The molecule has 0 aromatic heterocycles. The maximum absolute atomic E-state index is 6.22. The van der Waals surface area contributed by atoms with Crippen molar-refractivity contribution in [3.05, 3.63) is 34.9 Å². The smallest absolute Gasteiger partial charge is 0.0642 e. The van der Waals surface area contributed by atoms with Crippen LogP contribution in [0.1, 0.15) is 24.8 Å². The van der Waals surface area contributed by atoms with Crippen molar-refractivity contribution in [1.82, 2.24) is 5.32 Å². The van der Waals surface area contributed by atoms with Crippen LogP contribution in [0.3, 0.4) is 0 Å². The number of rotatable bonds is 3. The van der Waals surface area contributed by atoms with Crippen LogP contribution in [-0.2, 0) is 4.74 Å². The molecule has 1 aliphatic rings. The average Bonchev–Trinajstić information content (AvgIpc) is 2.62. The van der Waals surface area contributed by atoms with E-state index in [1.807, 2.05) is 18.2 Å². The van der Waals surface area contributed by atoms with E-state index in [0.29, 0.717) is 5.92 Å². The molecule has 0 aliphatic carbocycles. The van der Waals surface area contributed by atoms with Gasteiger partial charge in [-0.1, -0.05) is 29.8 Å². The summed E-state index contributed by atoms with van der Waals surface area (Å²) in [7, 11) is 1.75. The molecule has 0 bridgehead atoms. The topological polar surface area (TPSA) is 21.3 Å². The van der Waals surface area contributed by atoms with Gasteiger partial charge in [-0.25, -0.2) is 0 Å². The number of hydrogen-bond acceptors (Lipinski definition) is 2. The first-order valence-electron chi connectivity index (χ1n) is 5.63. The molecule has 1 N–H and O–H groups in total. The maximum Gasteiger partial charge on any atom is 0.0642 e. The number of nitrogens with one attached hydrogen (secondary N) is 1. The molecule has 1 saturated heterocycles. The quantitative estimate of drug-likeness (QED) is 0.876. The van der Waals surface area contributed by atoms with E-state index < -0.39 is 0 Å². The average molecular weight is 240 g/mol. The van der Waals surface area contributed by atoms with Crippen molar-refractivity contribution >= 4 is 11.6 Å². The second kappa shape index (κ2) is 4.74. The van der Waals surface area contributed by atoms with Crippen LogP contribution in [0.2, 0.25) is 5.02 Å². The van der Waals surface area contributed by atoms with Crippen molar-refractivity contribution in [3.63, 3.8) is 0 Å². The minimum Gasteiger partial charge on any atom is -0.383 e. The molecule has 0 radical (unpaired) electrons. The highest BCUT2D eigenvalue weighted by atomic mass is 35.5. The molecule has 1 fully saturated rings.